The third-order valence-electron chi connectivity index (χ3n) is 3.49. The summed E-state index contributed by atoms with van der Waals surface area (Å²) < 4.78 is 0. The number of carbonyl (C=O) groups excluding carboxylic acids is 2. The number of benzene rings is 2. The quantitative estimate of drug-likeness (QED) is 0.636. The molecule has 0 radical (unpaired) electrons. The van der Waals surface area contributed by atoms with Gasteiger partial charge >= 0.3 is 0 Å². The van der Waals surface area contributed by atoms with Gasteiger partial charge in [-0.2, -0.15) is 0 Å². The van der Waals surface area contributed by atoms with Crippen LogP contribution in [-0.4, -0.2) is 28.5 Å². The van der Waals surface area contributed by atoms with Gasteiger partial charge in [0.1, 0.15) is 0 Å². The van der Waals surface area contributed by atoms with Crippen molar-refractivity contribution in [3.63, 3.8) is 0 Å². The summed E-state index contributed by atoms with van der Waals surface area (Å²) in [4.78, 5) is 25.7. The molecule has 0 unspecified atom stereocenters. The summed E-state index contributed by atoms with van der Waals surface area (Å²) in [5, 5.41) is 8.62. The van der Waals surface area contributed by atoms with Gasteiger partial charge in [0.05, 0.1) is 0 Å². The van der Waals surface area contributed by atoms with E-state index in [1.54, 1.807) is 46.8 Å². The van der Waals surface area contributed by atoms with E-state index in [0.29, 0.717) is 24.2 Å². The van der Waals surface area contributed by atoms with Crippen molar-refractivity contribution in [3.05, 3.63) is 71.3 Å². The molecule has 2 aromatic rings. The van der Waals surface area contributed by atoms with E-state index in [4.69, 9.17) is 5.21 Å². The third kappa shape index (κ3) is 4.40. The van der Waals surface area contributed by atoms with Crippen molar-refractivity contribution in [2.45, 2.75) is 19.9 Å². The number of amides is 2. The molecule has 0 aliphatic heterocycles. The molecular weight excluding hydrogens is 292 g/mol. The monoisotopic (exact) mass is 312 g/mol. The van der Waals surface area contributed by atoms with E-state index in [-0.39, 0.29) is 5.91 Å². The first-order chi connectivity index (χ1) is 11.2. The van der Waals surface area contributed by atoms with Gasteiger partial charge in [-0.25, -0.2) is 5.48 Å². The van der Waals surface area contributed by atoms with E-state index in [1.165, 1.54) is 0 Å². The molecule has 0 saturated heterocycles. The zero-order valence-electron chi connectivity index (χ0n) is 13.0. The van der Waals surface area contributed by atoms with Gasteiger partial charge in [-0.15, -0.1) is 0 Å². The lowest BCUT2D eigenvalue weighted by Crippen LogP contribution is -2.31. The molecule has 0 spiro atoms. The molecule has 120 valence electrons. The van der Waals surface area contributed by atoms with Crippen LogP contribution in [0.3, 0.4) is 0 Å². The lowest BCUT2D eigenvalue weighted by atomic mass is 10.1. The maximum absolute atomic E-state index is 12.6. The summed E-state index contributed by atoms with van der Waals surface area (Å²) in [6.07, 6.45) is 0.865. The number of nitrogens with one attached hydrogen (secondary N) is 1. The number of hydrogen-bond donors (Lipinski definition) is 2. The van der Waals surface area contributed by atoms with Crippen LogP contribution in [0.15, 0.2) is 54.6 Å². The Labute approximate surface area is 135 Å². The van der Waals surface area contributed by atoms with Crippen LogP contribution in [0.25, 0.3) is 0 Å². The highest BCUT2D eigenvalue weighted by Crippen LogP contribution is 2.12. The van der Waals surface area contributed by atoms with Crippen LogP contribution in [0.1, 0.15) is 39.6 Å². The second kappa shape index (κ2) is 8.10. The highest BCUT2D eigenvalue weighted by atomic mass is 16.5. The second-order valence-electron chi connectivity index (χ2n) is 5.23. The molecule has 5 nitrogen and oxygen atoms in total. The van der Waals surface area contributed by atoms with Crippen LogP contribution in [0, 0.1) is 0 Å². The number of carbonyl (C=O) groups is 2. The van der Waals surface area contributed by atoms with Gasteiger partial charge in [0.25, 0.3) is 11.8 Å². The lowest BCUT2D eigenvalue weighted by molar-refractivity contribution is 0.0704. The molecule has 0 aromatic heterocycles. The van der Waals surface area contributed by atoms with E-state index in [2.05, 4.69) is 0 Å². The predicted molar refractivity (Wildman–Crippen MR) is 87.2 cm³/mol. The van der Waals surface area contributed by atoms with Gasteiger partial charge < -0.3 is 4.90 Å². The fraction of sp³-hybridized carbons (Fsp3) is 0.222. The lowest BCUT2D eigenvalue weighted by Gasteiger charge is -2.22. The van der Waals surface area contributed by atoms with Crippen molar-refractivity contribution in [3.8, 4) is 0 Å². The van der Waals surface area contributed by atoms with Gasteiger partial charge in [-0.05, 0) is 36.2 Å². The van der Waals surface area contributed by atoms with Crippen LogP contribution in [0.5, 0.6) is 0 Å². The fourth-order valence-corrected chi connectivity index (χ4v) is 2.33. The molecule has 0 aliphatic rings. The average Bonchev–Trinajstić information content (AvgIpc) is 2.61. The Morgan fingerprint density at radius 3 is 2.22 bits per heavy atom. The first kappa shape index (κ1) is 16.7. The number of rotatable bonds is 6. The Kier molecular flexibility index (Phi) is 5.88. The zero-order valence-corrected chi connectivity index (χ0v) is 13.0. The first-order valence-electron chi connectivity index (χ1n) is 7.53. The Morgan fingerprint density at radius 1 is 1.00 bits per heavy atom. The van der Waals surface area contributed by atoms with E-state index in [1.807, 2.05) is 25.1 Å². The molecule has 0 aliphatic carbocycles. The molecule has 0 saturated carbocycles. The van der Waals surface area contributed by atoms with Crippen molar-refractivity contribution in [1.82, 2.24) is 10.4 Å². The zero-order chi connectivity index (χ0) is 16.7. The first-order valence-corrected chi connectivity index (χ1v) is 7.53. The van der Waals surface area contributed by atoms with Crippen molar-refractivity contribution < 1.29 is 14.8 Å². The minimum atomic E-state index is -0.553. The van der Waals surface area contributed by atoms with Crippen LogP contribution in [0.4, 0.5) is 0 Å². The highest BCUT2D eigenvalue weighted by Gasteiger charge is 2.15. The van der Waals surface area contributed by atoms with Crippen molar-refractivity contribution in [1.29, 1.82) is 0 Å². The van der Waals surface area contributed by atoms with Crippen LogP contribution < -0.4 is 5.48 Å². The summed E-state index contributed by atoms with van der Waals surface area (Å²) in [5.41, 5.74) is 3.56. The normalized spacial score (nSPS) is 10.2. The molecule has 23 heavy (non-hydrogen) atoms. The highest BCUT2D eigenvalue weighted by molar-refractivity contribution is 5.94. The van der Waals surface area contributed by atoms with Gasteiger partial charge in [0.2, 0.25) is 0 Å². The van der Waals surface area contributed by atoms with Gasteiger partial charge in [0, 0.05) is 24.2 Å². The molecule has 2 aromatic carbocycles. The molecule has 2 rings (SSSR count). The van der Waals surface area contributed by atoms with Crippen molar-refractivity contribution in [2.24, 2.45) is 0 Å². The topological polar surface area (TPSA) is 69.6 Å². The largest absolute Gasteiger partial charge is 0.334 e. The Morgan fingerprint density at radius 2 is 1.65 bits per heavy atom. The summed E-state index contributed by atoms with van der Waals surface area (Å²) in [7, 11) is 0. The van der Waals surface area contributed by atoms with Crippen LogP contribution in [0.2, 0.25) is 0 Å². The van der Waals surface area contributed by atoms with E-state index < -0.39 is 5.91 Å². The molecule has 0 heterocycles. The summed E-state index contributed by atoms with van der Waals surface area (Å²) in [6, 6.07) is 16.0. The maximum Gasteiger partial charge on any atom is 0.274 e. The predicted octanol–water partition coefficient (Wildman–Crippen LogP) is 2.86. The SMILES string of the molecule is CCCN(Cc1ccc(C(=O)NO)cc1)C(=O)c1ccccc1. The van der Waals surface area contributed by atoms with Crippen LogP contribution in [-0.2, 0) is 6.54 Å². The van der Waals surface area contributed by atoms with E-state index in [9.17, 15) is 9.59 Å². The fourth-order valence-electron chi connectivity index (χ4n) is 2.33. The number of nitrogens with zero attached hydrogens (tertiary/aromatic N) is 1. The minimum Gasteiger partial charge on any atom is -0.334 e. The summed E-state index contributed by atoms with van der Waals surface area (Å²) >= 11 is 0. The number of hydroxylamine groups is 1. The number of hydrogen-bond acceptors (Lipinski definition) is 3. The summed E-state index contributed by atoms with van der Waals surface area (Å²) in [5.74, 6) is -0.563. The Hall–Kier alpha value is -2.66. The van der Waals surface area contributed by atoms with Gasteiger partial charge in [0.15, 0.2) is 0 Å². The maximum atomic E-state index is 12.6. The smallest absolute Gasteiger partial charge is 0.274 e. The molecule has 0 bridgehead atoms. The van der Waals surface area contributed by atoms with Gasteiger partial charge in [-0.1, -0.05) is 37.3 Å². The molecule has 2 amide bonds. The second-order valence-corrected chi connectivity index (χ2v) is 5.23. The molecule has 0 atom stereocenters. The Balaban J connectivity index is 2.13. The standard InChI is InChI=1S/C18H20N2O3/c1-2-12-20(18(22)16-6-4-3-5-7-16)13-14-8-10-15(11-9-14)17(21)19-23/h3-11,23H,2,12-13H2,1H3,(H,19,21). The Bertz CT molecular complexity index is 654. The van der Waals surface area contributed by atoms with E-state index >= 15 is 0 Å². The van der Waals surface area contributed by atoms with Gasteiger partial charge in [-0.3, -0.25) is 14.8 Å². The third-order valence-corrected chi connectivity index (χ3v) is 3.49. The molecule has 5 heteroatoms. The van der Waals surface area contributed by atoms with E-state index in [0.717, 1.165) is 12.0 Å². The van der Waals surface area contributed by atoms with Crippen molar-refractivity contribution in [2.75, 3.05) is 6.54 Å². The average molecular weight is 312 g/mol. The molecular formula is C18H20N2O3. The van der Waals surface area contributed by atoms with Crippen molar-refractivity contribution >= 4 is 11.8 Å². The van der Waals surface area contributed by atoms with Crippen LogP contribution >= 0.6 is 0 Å². The minimum absolute atomic E-state index is 0.00960. The summed E-state index contributed by atoms with van der Waals surface area (Å²) in [6.45, 7) is 3.16. The molecule has 0 fully saturated rings. The molecule has 2 N–H and O–H groups in total.